The van der Waals surface area contributed by atoms with E-state index in [1.54, 1.807) is 18.9 Å². The standard InChI is InChI=1S/C25H26N4O3S/c1-16-12-21(17(2)29(16)13-20-14-31-23-6-4-5-7-24(23)32-20)22-15-33-25(28-27-22)26-18-8-10-19(30-3)11-9-18/h4-12,20H,13-15H2,1-3H3,(H,26,28)/t20-/m0/s1. The first-order valence-corrected chi connectivity index (χ1v) is 11.8. The Kier molecular flexibility index (Phi) is 6.00. The zero-order valence-corrected chi connectivity index (χ0v) is 19.7. The lowest BCUT2D eigenvalue weighted by atomic mass is 10.1. The van der Waals surface area contributed by atoms with Gasteiger partial charge in [-0.3, -0.25) is 5.43 Å². The first-order chi connectivity index (χ1) is 16.1. The average Bonchev–Trinajstić information content (AvgIpc) is 3.13. The molecule has 0 spiro atoms. The van der Waals surface area contributed by atoms with E-state index < -0.39 is 0 Å². The van der Waals surface area contributed by atoms with Crippen molar-refractivity contribution in [2.45, 2.75) is 26.5 Å². The maximum absolute atomic E-state index is 6.17. The first-order valence-electron chi connectivity index (χ1n) is 10.8. The first kappa shape index (κ1) is 21.5. The van der Waals surface area contributed by atoms with E-state index in [-0.39, 0.29) is 6.10 Å². The highest BCUT2D eigenvalue weighted by molar-refractivity contribution is 8.14. The average molecular weight is 463 g/mol. The molecule has 0 fully saturated rings. The van der Waals surface area contributed by atoms with Crippen molar-refractivity contribution in [2.24, 2.45) is 10.1 Å². The number of hydrogen-bond donors (Lipinski definition) is 1. The number of ether oxygens (including phenoxy) is 3. The molecule has 5 rings (SSSR count). The Morgan fingerprint density at radius 2 is 1.94 bits per heavy atom. The van der Waals surface area contributed by atoms with Crippen LogP contribution in [0.1, 0.15) is 17.0 Å². The Labute approximate surface area is 197 Å². The molecule has 0 unspecified atom stereocenters. The summed E-state index contributed by atoms with van der Waals surface area (Å²) in [6.45, 7) is 5.51. The van der Waals surface area contributed by atoms with Gasteiger partial charge in [0.2, 0.25) is 0 Å². The normalized spacial score (nSPS) is 18.6. The smallest absolute Gasteiger partial charge is 0.182 e. The van der Waals surface area contributed by atoms with Crippen LogP contribution in [0, 0.1) is 13.8 Å². The van der Waals surface area contributed by atoms with Gasteiger partial charge in [-0.1, -0.05) is 23.9 Å². The monoisotopic (exact) mass is 462 g/mol. The summed E-state index contributed by atoms with van der Waals surface area (Å²) in [4.78, 5) is 4.63. The quantitative estimate of drug-likeness (QED) is 0.596. The molecule has 2 aromatic carbocycles. The molecule has 0 aliphatic carbocycles. The molecule has 7 nitrogen and oxygen atoms in total. The third kappa shape index (κ3) is 4.57. The fourth-order valence-electron chi connectivity index (χ4n) is 4.02. The van der Waals surface area contributed by atoms with Gasteiger partial charge in [-0.25, -0.2) is 4.99 Å². The number of methoxy groups -OCH3 is 1. The summed E-state index contributed by atoms with van der Waals surface area (Å²) < 4.78 is 19.5. The molecule has 1 N–H and O–H groups in total. The minimum absolute atomic E-state index is 0.0402. The number of thioether (sulfide) groups is 1. The van der Waals surface area contributed by atoms with Crippen LogP contribution in [0.15, 0.2) is 64.7 Å². The summed E-state index contributed by atoms with van der Waals surface area (Å²) in [5, 5.41) is 5.41. The summed E-state index contributed by atoms with van der Waals surface area (Å²) >= 11 is 1.65. The Bertz CT molecular complexity index is 1220. The van der Waals surface area contributed by atoms with Gasteiger partial charge in [-0.15, -0.1) is 0 Å². The summed E-state index contributed by atoms with van der Waals surface area (Å²) in [5.74, 6) is 3.18. The number of hydrogen-bond acceptors (Lipinski definition) is 6. The van der Waals surface area contributed by atoms with Crippen LogP contribution in [0.25, 0.3) is 0 Å². The number of fused-ring (bicyclic) bond motifs is 1. The highest BCUT2D eigenvalue weighted by atomic mass is 32.2. The number of hydrazone groups is 1. The molecule has 1 aromatic heterocycles. The van der Waals surface area contributed by atoms with E-state index in [0.29, 0.717) is 6.61 Å². The van der Waals surface area contributed by atoms with E-state index in [0.717, 1.165) is 51.7 Å². The number of nitrogens with one attached hydrogen (secondary N) is 1. The third-order valence-electron chi connectivity index (χ3n) is 5.77. The molecule has 3 aromatic rings. The second-order valence-corrected chi connectivity index (χ2v) is 8.93. The number of nitrogens with zero attached hydrogens (tertiary/aromatic N) is 3. The predicted molar refractivity (Wildman–Crippen MR) is 132 cm³/mol. The molecule has 2 aliphatic heterocycles. The maximum Gasteiger partial charge on any atom is 0.182 e. The van der Waals surface area contributed by atoms with E-state index in [2.05, 4.69) is 40.0 Å². The fraction of sp³-hybridized carbons (Fsp3) is 0.280. The Morgan fingerprint density at radius 1 is 1.15 bits per heavy atom. The highest BCUT2D eigenvalue weighted by Gasteiger charge is 2.24. The van der Waals surface area contributed by atoms with Gasteiger partial charge in [-0.2, -0.15) is 5.10 Å². The molecule has 0 bridgehead atoms. The second-order valence-electron chi connectivity index (χ2n) is 7.97. The van der Waals surface area contributed by atoms with Crippen molar-refractivity contribution in [2.75, 3.05) is 19.5 Å². The van der Waals surface area contributed by atoms with E-state index in [1.807, 2.05) is 48.5 Å². The topological polar surface area (TPSA) is 69.4 Å². The van der Waals surface area contributed by atoms with E-state index in [4.69, 9.17) is 14.2 Å². The van der Waals surface area contributed by atoms with Gasteiger partial charge in [0.1, 0.15) is 12.4 Å². The highest BCUT2D eigenvalue weighted by Crippen LogP contribution is 2.32. The molecule has 2 aliphatic rings. The van der Waals surface area contributed by atoms with Crippen molar-refractivity contribution in [3.05, 3.63) is 71.5 Å². The molecule has 0 saturated carbocycles. The predicted octanol–water partition coefficient (Wildman–Crippen LogP) is 4.68. The summed E-state index contributed by atoms with van der Waals surface area (Å²) in [6, 6.07) is 17.7. The number of rotatable bonds is 5. The number of aryl methyl sites for hydroxylation is 1. The van der Waals surface area contributed by atoms with Gasteiger partial charge in [0.15, 0.2) is 22.8 Å². The maximum atomic E-state index is 6.17. The van der Waals surface area contributed by atoms with Crippen LogP contribution < -0.4 is 19.6 Å². The molecule has 33 heavy (non-hydrogen) atoms. The molecular formula is C25H26N4O3S. The molecule has 8 heteroatoms. The van der Waals surface area contributed by atoms with Crippen molar-refractivity contribution in [1.29, 1.82) is 0 Å². The SMILES string of the molecule is COc1ccc(N=C2NN=C(c3cc(C)n(C[C@H]4COc5ccccc5O4)c3C)CS2)cc1. The number of amidine groups is 1. The van der Waals surface area contributed by atoms with Crippen LogP contribution >= 0.6 is 11.8 Å². The van der Waals surface area contributed by atoms with Crippen molar-refractivity contribution in [3.63, 3.8) is 0 Å². The van der Waals surface area contributed by atoms with E-state index in [9.17, 15) is 0 Å². The van der Waals surface area contributed by atoms with Crippen LogP contribution in [0.2, 0.25) is 0 Å². The van der Waals surface area contributed by atoms with Crippen LogP contribution in [-0.4, -0.2) is 41.0 Å². The minimum atomic E-state index is -0.0402. The number of aromatic nitrogens is 1. The molecule has 170 valence electrons. The molecule has 0 radical (unpaired) electrons. The van der Waals surface area contributed by atoms with Gasteiger partial charge in [0.25, 0.3) is 0 Å². The van der Waals surface area contributed by atoms with Gasteiger partial charge in [-0.05, 0) is 56.3 Å². The lowest BCUT2D eigenvalue weighted by Crippen LogP contribution is -2.33. The van der Waals surface area contributed by atoms with Crippen LogP contribution in [0.5, 0.6) is 17.2 Å². The van der Waals surface area contributed by atoms with Crippen molar-refractivity contribution in [1.82, 2.24) is 9.99 Å². The second kappa shape index (κ2) is 9.23. The van der Waals surface area contributed by atoms with Crippen molar-refractivity contribution in [3.8, 4) is 17.2 Å². The van der Waals surface area contributed by atoms with Gasteiger partial charge in [0, 0.05) is 22.7 Å². The zero-order valence-electron chi connectivity index (χ0n) is 18.9. The molecule has 0 saturated heterocycles. The number of para-hydroxylation sites is 2. The molecule has 1 atom stereocenters. The van der Waals surface area contributed by atoms with Crippen molar-refractivity contribution >= 4 is 28.3 Å². The fourth-order valence-corrected chi connectivity index (χ4v) is 4.79. The summed E-state index contributed by atoms with van der Waals surface area (Å²) in [7, 11) is 1.65. The Hall–Kier alpha value is -3.39. The summed E-state index contributed by atoms with van der Waals surface area (Å²) in [5.41, 5.74) is 8.48. The van der Waals surface area contributed by atoms with Gasteiger partial charge >= 0.3 is 0 Å². The largest absolute Gasteiger partial charge is 0.497 e. The van der Waals surface area contributed by atoms with Gasteiger partial charge < -0.3 is 18.8 Å². The van der Waals surface area contributed by atoms with Crippen molar-refractivity contribution < 1.29 is 14.2 Å². The zero-order chi connectivity index (χ0) is 22.8. The van der Waals surface area contributed by atoms with E-state index in [1.165, 1.54) is 11.4 Å². The molecule has 3 heterocycles. The van der Waals surface area contributed by atoms with Crippen LogP contribution in [0.3, 0.4) is 0 Å². The molecular weight excluding hydrogens is 436 g/mol. The van der Waals surface area contributed by atoms with Crippen LogP contribution in [0.4, 0.5) is 5.69 Å². The Balaban J connectivity index is 1.29. The lowest BCUT2D eigenvalue weighted by molar-refractivity contribution is 0.0778. The molecule has 0 amide bonds. The number of aliphatic imine (C=N–C) groups is 1. The summed E-state index contributed by atoms with van der Waals surface area (Å²) in [6.07, 6.45) is -0.0402. The lowest BCUT2D eigenvalue weighted by Gasteiger charge is -2.27. The minimum Gasteiger partial charge on any atom is -0.497 e. The van der Waals surface area contributed by atoms with E-state index >= 15 is 0 Å². The van der Waals surface area contributed by atoms with Crippen LogP contribution in [-0.2, 0) is 6.54 Å². The van der Waals surface area contributed by atoms with Gasteiger partial charge in [0.05, 0.1) is 25.1 Å². The number of benzene rings is 2. The third-order valence-corrected chi connectivity index (χ3v) is 6.65. The Morgan fingerprint density at radius 3 is 2.67 bits per heavy atom.